The van der Waals surface area contributed by atoms with Crippen LogP contribution in [0.1, 0.15) is 6.42 Å². The smallest absolute Gasteiger partial charge is 0.262 e. The van der Waals surface area contributed by atoms with Gasteiger partial charge in [0.1, 0.15) is 17.5 Å². The van der Waals surface area contributed by atoms with E-state index in [4.69, 9.17) is 4.74 Å². The van der Waals surface area contributed by atoms with Gasteiger partial charge >= 0.3 is 0 Å². The second-order valence-electron chi connectivity index (χ2n) is 6.28. The molecule has 4 rings (SSSR count). The summed E-state index contributed by atoms with van der Waals surface area (Å²) in [5.74, 6) is 1.61. The lowest BCUT2D eigenvalue weighted by molar-refractivity contribution is 0.195. The van der Waals surface area contributed by atoms with E-state index in [-0.39, 0.29) is 24.8 Å². The van der Waals surface area contributed by atoms with Gasteiger partial charge in [0.05, 0.1) is 30.8 Å². The van der Waals surface area contributed by atoms with Gasteiger partial charge in [0, 0.05) is 31.7 Å². The summed E-state index contributed by atoms with van der Waals surface area (Å²) in [5, 5.41) is 16.9. The normalized spacial score (nSPS) is 16.6. The van der Waals surface area contributed by atoms with Gasteiger partial charge in [-0.15, -0.1) is 0 Å². The summed E-state index contributed by atoms with van der Waals surface area (Å²) in [5.41, 5.74) is -0.193. The maximum Gasteiger partial charge on any atom is 0.262 e. The van der Waals surface area contributed by atoms with E-state index in [0.29, 0.717) is 36.1 Å². The average Bonchev–Trinajstić information content (AvgIpc) is 3.18. The first kappa shape index (κ1) is 17.4. The first-order chi connectivity index (χ1) is 13.2. The summed E-state index contributed by atoms with van der Waals surface area (Å²) >= 11 is 0. The molecule has 3 aromatic rings. The minimum absolute atomic E-state index is 0.0957. The molecule has 0 radical (unpaired) electrons. The zero-order chi connectivity index (χ0) is 18.6. The monoisotopic (exact) mass is 368 g/mol. The number of ether oxygens (including phenoxy) is 1. The van der Waals surface area contributed by atoms with E-state index in [0.717, 1.165) is 11.8 Å². The van der Waals surface area contributed by atoms with E-state index < -0.39 is 0 Å². The summed E-state index contributed by atoms with van der Waals surface area (Å²) in [4.78, 5) is 25.7. The molecule has 0 saturated carbocycles. The van der Waals surface area contributed by atoms with Crippen molar-refractivity contribution in [2.24, 2.45) is 0 Å². The molecule has 0 unspecified atom stereocenters. The van der Waals surface area contributed by atoms with Crippen LogP contribution < -0.4 is 16.2 Å². The maximum absolute atomic E-state index is 12.9. The van der Waals surface area contributed by atoms with E-state index >= 15 is 0 Å². The summed E-state index contributed by atoms with van der Waals surface area (Å²) in [6.07, 6.45) is 7.31. The van der Waals surface area contributed by atoms with Crippen LogP contribution in [0.2, 0.25) is 0 Å². The number of nitrogens with zero attached hydrogens (tertiary/aromatic N) is 4. The van der Waals surface area contributed by atoms with Crippen LogP contribution in [0.3, 0.4) is 0 Å². The second-order valence-corrected chi connectivity index (χ2v) is 6.28. The molecule has 4 heterocycles. The molecule has 140 valence electrons. The number of anilines is 3. The third kappa shape index (κ3) is 3.74. The van der Waals surface area contributed by atoms with Gasteiger partial charge in [-0.3, -0.25) is 9.78 Å². The van der Waals surface area contributed by atoms with Gasteiger partial charge in [0.25, 0.3) is 5.56 Å². The lowest BCUT2D eigenvalue weighted by atomic mass is 10.1. The lowest BCUT2D eigenvalue weighted by Gasteiger charge is -2.16. The Bertz CT molecular complexity index is 986. The first-order valence-electron chi connectivity index (χ1n) is 8.77. The molecule has 27 heavy (non-hydrogen) atoms. The van der Waals surface area contributed by atoms with Crippen molar-refractivity contribution < 1.29 is 9.84 Å². The second kappa shape index (κ2) is 7.68. The number of fused-ring (bicyclic) bond motifs is 1. The zero-order valence-corrected chi connectivity index (χ0v) is 14.6. The van der Waals surface area contributed by atoms with Crippen molar-refractivity contribution in [3.05, 3.63) is 47.3 Å². The van der Waals surface area contributed by atoms with Crippen LogP contribution in [-0.4, -0.2) is 50.5 Å². The molecule has 3 N–H and O–H groups in total. The van der Waals surface area contributed by atoms with Crippen LogP contribution in [0.15, 0.2) is 41.7 Å². The molecule has 1 aliphatic rings. The van der Waals surface area contributed by atoms with E-state index in [1.807, 2.05) is 6.07 Å². The number of aliphatic hydroxyl groups excluding tert-OH is 1. The number of hydrogen-bond donors (Lipinski definition) is 3. The summed E-state index contributed by atoms with van der Waals surface area (Å²) < 4.78 is 6.90. The van der Waals surface area contributed by atoms with Crippen LogP contribution in [0.4, 0.5) is 17.5 Å². The molecule has 3 aromatic heterocycles. The minimum Gasteiger partial charge on any atom is -0.395 e. The zero-order valence-electron chi connectivity index (χ0n) is 14.6. The van der Waals surface area contributed by atoms with Crippen molar-refractivity contribution in [2.45, 2.75) is 19.0 Å². The molecule has 0 amide bonds. The Morgan fingerprint density at radius 2 is 2.26 bits per heavy atom. The third-order valence-electron chi connectivity index (χ3n) is 4.39. The van der Waals surface area contributed by atoms with Crippen LogP contribution in [0.5, 0.6) is 0 Å². The van der Waals surface area contributed by atoms with E-state index in [1.54, 1.807) is 30.9 Å². The molecule has 1 atom stereocenters. The van der Waals surface area contributed by atoms with Crippen LogP contribution in [0, 0.1) is 0 Å². The summed E-state index contributed by atoms with van der Waals surface area (Å²) in [6.45, 7) is 1.38. The molecule has 0 bridgehead atoms. The maximum atomic E-state index is 12.9. The molecule has 0 aromatic carbocycles. The SMILES string of the molecule is O=c1c2c(N[C@H]3CCOC3)nc(Nc3cnccn3)cc2ccn1CCO. The minimum atomic E-state index is -0.193. The number of rotatable bonds is 6. The van der Waals surface area contributed by atoms with Crippen molar-refractivity contribution in [3.8, 4) is 0 Å². The Morgan fingerprint density at radius 3 is 3.00 bits per heavy atom. The molecular weight excluding hydrogens is 348 g/mol. The largest absolute Gasteiger partial charge is 0.395 e. The lowest BCUT2D eigenvalue weighted by Crippen LogP contribution is -2.25. The predicted octanol–water partition coefficient (Wildman–Crippen LogP) is 1.12. The highest BCUT2D eigenvalue weighted by Crippen LogP contribution is 2.25. The molecule has 9 heteroatoms. The van der Waals surface area contributed by atoms with Crippen LogP contribution in [-0.2, 0) is 11.3 Å². The van der Waals surface area contributed by atoms with Crippen molar-refractivity contribution in [3.63, 3.8) is 0 Å². The van der Waals surface area contributed by atoms with Gasteiger partial charge in [-0.25, -0.2) is 9.97 Å². The van der Waals surface area contributed by atoms with E-state index in [2.05, 4.69) is 25.6 Å². The Balaban J connectivity index is 1.79. The van der Waals surface area contributed by atoms with Gasteiger partial charge in [-0.2, -0.15) is 0 Å². The number of aliphatic hydroxyl groups is 1. The first-order valence-corrected chi connectivity index (χ1v) is 8.77. The Labute approximate surface area is 155 Å². The molecular formula is C18H20N6O3. The van der Waals surface area contributed by atoms with Crippen LogP contribution >= 0.6 is 0 Å². The van der Waals surface area contributed by atoms with Crippen molar-refractivity contribution >= 4 is 28.2 Å². The molecule has 0 aliphatic carbocycles. The number of nitrogens with one attached hydrogen (secondary N) is 2. The van der Waals surface area contributed by atoms with E-state index in [9.17, 15) is 9.90 Å². The van der Waals surface area contributed by atoms with Gasteiger partial charge in [0.2, 0.25) is 0 Å². The van der Waals surface area contributed by atoms with Crippen molar-refractivity contribution in [1.82, 2.24) is 19.5 Å². The van der Waals surface area contributed by atoms with Crippen LogP contribution in [0.25, 0.3) is 10.8 Å². The molecule has 1 saturated heterocycles. The summed E-state index contributed by atoms with van der Waals surface area (Å²) in [6, 6.07) is 3.73. The Hall–Kier alpha value is -3.04. The van der Waals surface area contributed by atoms with E-state index in [1.165, 1.54) is 4.57 Å². The predicted molar refractivity (Wildman–Crippen MR) is 101 cm³/mol. The summed E-state index contributed by atoms with van der Waals surface area (Å²) in [7, 11) is 0. The quantitative estimate of drug-likeness (QED) is 0.593. The highest BCUT2D eigenvalue weighted by molar-refractivity contribution is 5.93. The highest BCUT2D eigenvalue weighted by atomic mass is 16.5. The number of hydrogen-bond acceptors (Lipinski definition) is 8. The van der Waals surface area contributed by atoms with Gasteiger partial charge in [-0.1, -0.05) is 0 Å². The average molecular weight is 368 g/mol. The molecule has 1 aliphatic heterocycles. The topological polar surface area (TPSA) is 114 Å². The molecule has 1 fully saturated rings. The van der Waals surface area contributed by atoms with Gasteiger partial charge in [0.15, 0.2) is 0 Å². The third-order valence-corrected chi connectivity index (χ3v) is 4.39. The van der Waals surface area contributed by atoms with Gasteiger partial charge < -0.3 is 25.0 Å². The molecule has 9 nitrogen and oxygen atoms in total. The fraction of sp³-hybridized carbons (Fsp3) is 0.333. The van der Waals surface area contributed by atoms with Gasteiger partial charge in [-0.05, 0) is 23.9 Å². The van der Waals surface area contributed by atoms with Crippen molar-refractivity contribution in [1.29, 1.82) is 0 Å². The standard InChI is InChI=1S/C18H20N6O3/c25-7-6-24-5-1-12-9-14(22-15-10-19-3-4-20-15)23-17(16(12)18(24)26)21-13-2-8-27-11-13/h1,3-5,9-10,13,25H,2,6-8,11H2,(H2,20,21,22,23)/t13-/m0/s1. The molecule has 0 spiro atoms. The fourth-order valence-corrected chi connectivity index (χ4v) is 3.09. The number of aromatic nitrogens is 4. The van der Waals surface area contributed by atoms with Crippen molar-refractivity contribution in [2.75, 3.05) is 30.5 Å². The Morgan fingerprint density at radius 1 is 1.33 bits per heavy atom. The highest BCUT2D eigenvalue weighted by Gasteiger charge is 2.19. The number of pyridine rings is 2. The fourth-order valence-electron chi connectivity index (χ4n) is 3.09. The Kier molecular flexibility index (Phi) is 4.95.